The number of non-ortho nitro benzene ring substituents is 1. The van der Waals surface area contributed by atoms with Gasteiger partial charge in [0.2, 0.25) is 0 Å². The second kappa shape index (κ2) is 9.85. The number of thioether (sulfide) groups is 1. The predicted octanol–water partition coefficient (Wildman–Crippen LogP) is 5.59. The first-order chi connectivity index (χ1) is 16.0. The molecule has 0 aliphatic carbocycles. The van der Waals surface area contributed by atoms with Gasteiger partial charge < -0.3 is 9.47 Å². The topological polar surface area (TPSA) is 81.9 Å². The van der Waals surface area contributed by atoms with Gasteiger partial charge in [-0.05, 0) is 53.6 Å². The number of amides is 1. The van der Waals surface area contributed by atoms with Crippen molar-refractivity contribution >= 4 is 51.7 Å². The number of carbonyl (C=O) groups excluding carboxylic acids is 1. The fraction of sp³-hybridized carbons (Fsp3) is 0.0833. The second-order valence-corrected chi connectivity index (χ2v) is 8.65. The van der Waals surface area contributed by atoms with E-state index in [0.29, 0.717) is 26.4 Å². The summed E-state index contributed by atoms with van der Waals surface area (Å²) in [6.07, 6.45) is 1.79. The van der Waals surface area contributed by atoms with Crippen LogP contribution in [0.15, 0.2) is 77.7 Å². The van der Waals surface area contributed by atoms with Crippen LogP contribution in [0, 0.1) is 10.1 Å². The first-order valence-corrected chi connectivity index (χ1v) is 11.1. The van der Waals surface area contributed by atoms with E-state index in [4.69, 9.17) is 21.7 Å². The lowest BCUT2D eigenvalue weighted by atomic mass is 10.2. The number of nitrogens with zero attached hydrogens (tertiary/aromatic N) is 2. The third-order valence-electron chi connectivity index (χ3n) is 4.85. The van der Waals surface area contributed by atoms with E-state index in [2.05, 4.69) is 0 Å². The predicted molar refractivity (Wildman–Crippen MR) is 133 cm³/mol. The van der Waals surface area contributed by atoms with Gasteiger partial charge in [0.15, 0.2) is 4.32 Å². The molecule has 7 nitrogen and oxygen atoms in total. The number of benzene rings is 3. The Balaban J connectivity index is 1.43. The summed E-state index contributed by atoms with van der Waals surface area (Å²) in [7, 11) is 1.55. The summed E-state index contributed by atoms with van der Waals surface area (Å²) in [5.74, 6) is 1.02. The van der Waals surface area contributed by atoms with Gasteiger partial charge in [0.05, 0.1) is 22.6 Å². The largest absolute Gasteiger partial charge is 0.495 e. The number of para-hydroxylation sites is 2. The summed E-state index contributed by atoms with van der Waals surface area (Å²) < 4.78 is 11.6. The first kappa shape index (κ1) is 22.5. The van der Waals surface area contributed by atoms with Gasteiger partial charge in [0.1, 0.15) is 18.1 Å². The zero-order valence-electron chi connectivity index (χ0n) is 17.5. The fourth-order valence-electron chi connectivity index (χ4n) is 3.18. The Morgan fingerprint density at radius 3 is 2.42 bits per heavy atom. The molecule has 0 spiro atoms. The summed E-state index contributed by atoms with van der Waals surface area (Å²) in [5, 5.41) is 10.7. The Morgan fingerprint density at radius 2 is 1.76 bits per heavy atom. The van der Waals surface area contributed by atoms with E-state index in [-0.39, 0.29) is 18.2 Å². The number of hydrogen-bond acceptors (Lipinski definition) is 7. The lowest BCUT2D eigenvalue weighted by Crippen LogP contribution is -2.27. The van der Waals surface area contributed by atoms with Crippen molar-refractivity contribution in [3.05, 3.63) is 98.9 Å². The monoisotopic (exact) mass is 478 g/mol. The fourth-order valence-corrected chi connectivity index (χ4v) is 4.47. The van der Waals surface area contributed by atoms with Crippen LogP contribution < -0.4 is 14.4 Å². The molecule has 1 heterocycles. The van der Waals surface area contributed by atoms with E-state index >= 15 is 0 Å². The summed E-state index contributed by atoms with van der Waals surface area (Å²) >= 11 is 6.68. The van der Waals surface area contributed by atoms with Crippen LogP contribution in [0.25, 0.3) is 6.08 Å². The number of ether oxygens (including phenoxy) is 2. The molecule has 9 heteroatoms. The molecule has 33 heavy (non-hydrogen) atoms. The molecular formula is C24H18N2O5S2. The Bertz CT molecular complexity index is 1240. The Morgan fingerprint density at radius 1 is 1.06 bits per heavy atom. The second-order valence-electron chi connectivity index (χ2n) is 6.97. The van der Waals surface area contributed by atoms with Crippen LogP contribution in [0.5, 0.6) is 11.5 Å². The molecule has 0 radical (unpaired) electrons. The van der Waals surface area contributed by atoms with Gasteiger partial charge in [-0.15, -0.1) is 0 Å². The van der Waals surface area contributed by atoms with Crippen molar-refractivity contribution in [2.75, 3.05) is 12.0 Å². The van der Waals surface area contributed by atoms with Gasteiger partial charge in [-0.25, -0.2) is 0 Å². The van der Waals surface area contributed by atoms with Crippen LogP contribution in [0.1, 0.15) is 11.1 Å². The minimum absolute atomic E-state index is 0.0409. The Kier molecular flexibility index (Phi) is 6.71. The van der Waals surface area contributed by atoms with Crippen molar-refractivity contribution in [3.63, 3.8) is 0 Å². The van der Waals surface area contributed by atoms with Crippen LogP contribution in [0.2, 0.25) is 0 Å². The Labute approximate surface area is 199 Å². The van der Waals surface area contributed by atoms with Crippen LogP contribution in [0.4, 0.5) is 11.4 Å². The van der Waals surface area contributed by atoms with E-state index in [0.717, 1.165) is 11.1 Å². The molecule has 0 aromatic heterocycles. The highest BCUT2D eigenvalue weighted by Crippen LogP contribution is 2.39. The number of hydrogen-bond donors (Lipinski definition) is 0. The highest BCUT2D eigenvalue weighted by Gasteiger charge is 2.34. The highest BCUT2D eigenvalue weighted by molar-refractivity contribution is 8.27. The van der Waals surface area contributed by atoms with Gasteiger partial charge in [0.25, 0.3) is 11.6 Å². The van der Waals surface area contributed by atoms with E-state index in [1.807, 2.05) is 24.3 Å². The first-order valence-electron chi connectivity index (χ1n) is 9.83. The molecule has 3 aromatic rings. The lowest BCUT2D eigenvalue weighted by Gasteiger charge is -2.17. The maximum Gasteiger partial charge on any atom is 0.270 e. The van der Waals surface area contributed by atoms with Gasteiger partial charge in [-0.1, -0.05) is 48.2 Å². The van der Waals surface area contributed by atoms with Crippen LogP contribution in [-0.4, -0.2) is 22.3 Å². The minimum Gasteiger partial charge on any atom is -0.495 e. The normalized spacial score (nSPS) is 14.6. The maximum absolute atomic E-state index is 13.0. The van der Waals surface area contributed by atoms with E-state index in [1.54, 1.807) is 49.6 Å². The van der Waals surface area contributed by atoms with E-state index < -0.39 is 4.92 Å². The lowest BCUT2D eigenvalue weighted by molar-refractivity contribution is -0.384. The van der Waals surface area contributed by atoms with Crippen molar-refractivity contribution in [2.45, 2.75) is 6.61 Å². The third kappa shape index (κ3) is 5.05. The van der Waals surface area contributed by atoms with Gasteiger partial charge in [-0.2, -0.15) is 0 Å². The standard InChI is InChI=1S/C24H18N2O5S2/c1-30-21-5-3-2-4-20(21)25-23(27)22(33-24(25)32)14-16-8-12-19(13-9-16)31-15-17-6-10-18(11-7-17)26(28)29/h2-14H,15H2,1H3/b22-14-. The molecule has 166 valence electrons. The van der Waals surface area contributed by atoms with Crippen molar-refractivity contribution in [1.29, 1.82) is 0 Å². The Hall–Kier alpha value is -3.69. The molecule has 1 aliphatic rings. The van der Waals surface area contributed by atoms with Crippen molar-refractivity contribution < 1.29 is 19.2 Å². The molecule has 1 fully saturated rings. The highest BCUT2D eigenvalue weighted by atomic mass is 32.2. The summed E-state index contributed by atoms with van der Waals surface area (Å²) in [4.78, 5) is 25.3. The molecule has 3 aromatic carbocycles. The number of methoxy groups -OCH3 is 1. The van der Waals surface area contributed by atoms with Crippen molar-refractivity contribution in [2.24, 2.45) is 0 Å². The van der Waals surface area contributed by atoms with Gasteiger partial charge in [-0.3, -0.25) is 19.8 Å². The molecule has 0 atom stereocenters. The van der Waals surface area contributed by atoms with Crippen LogP contribution >= 0.6 is 24.0 Å². The number of nitro benzene ring substituents is 1. The minimum atomic E-state index is -0.437. The van der Waals surface area contributed by atoms with Crippen molar-refractivity contribution in [1.82, 2.24) is 0 Å². The number of carbonyl (C=O) groups is 1. The smallest absolute Gasteiger partial charge is 0.270 e. The molecule has 4 rings (SSSR count). The number of nitro groups is 1. The van der Waals surface area contributed by atoms with E-state index in [9.17, 15) is 14.9 Å². The van der Waals surface area contributed by atoms with Crippen LogP contribution in [0.3, 0.4) is 0 Å². The molecule has 0 saturated carbocycles. The quantitative estimate of drug-likeness (QED) is 0.190. The zero-order chi connectivity index (χ0) is 23.4. The third-order valence-corrected chi connectivity index (χ3v) is 6.15. The SMILES string of the molecule is COc1ccccc1N1C(=O)/C(=C/c2ccc(OCc3ccc([N+](=O)[O-])cc3)cc2)SC1=S. The number of anilines is 1. The average Bonchev–Trinajstić information content (AvgIpc) is 3.11. The summed E-state index contributed by atoms with van der Waals surface area (Å²) in [5.41, 5.74) is 2.31. The molecule has 0 N–H and O–H groups in total. The molecular weight excluding hydrogens is 460 g/mol. The zero-order valence-corrected chi connectivity index (χ0v) is 19.1. The molecule has 0 bridgehead atoms. The molecule has 0 unspecified atom stereocenters. The number of thiocarbonyl (C=S) groups is 1. The summed E-state index contributed by atoms with van der Waals surface area (Å²) in [6.45, 7) is 0.287. The molecule has 1 aliphatic heterocycles. The van der Waals surface area contributed by atoms with Gasteiger partial charge in [0, 0.05) is 12.1 Å². The summed E-state index contributed by atoms with van der Waals surface area (Å²) in [6, 6.07) is 20.8. The maximum atomic E-state index is 13.0. The van der Waals surface area contributed by atoms with Crippen LogP contribution in [-0.2, 0) is 11.4 Å². The molecule has 1 saturated heterocycles. The van der Waals surface area contributed by atoms with E-state index in [1.165, 1.54) is 28.8 Å². The molecule has 1 amide bonds. The van der Waals surface area contributed by atoms with Crippen molar-refractivity contribution in [3.8, 4) is 11.5 Å². The number of rotatable bonds is 7. The average molecular weight is 479 g/mol. The van der Waals surface area contributed by atoms with Gasteiger partial charge >= 0.3 is 0 Å².